The van der Waals surface area contributed by atoms with Crippen LogP contribution in [0.4, 0.5) is 0 Å². The molecule has 0 aliphatic rings. The first kappa shape index (κ1) is 13.5. The Kier molecular flexibility index (Phi) is 3.61. The van der Waals surface area contributed by atoms with Crippen molar-refractivity contribution in [1.29, 1.82) is 0 Å². The molecule has 0 atom stereocenters. The van der Waals surface area contributed by atoms with E-state index in [0.29, 0.717) is 5.56 Å². The van der Waals surface area contributed by atoms with Gasteiger partial charge in [0.15, 0.2) is 17.3 Å². The molecule has 0 spiro atoms. The zero-order chi connectivity index (χ0) is 14.7. The molecular formula is C15H12O5. The highest BCUT2D eigenvalue weighted by Crippen LogP contribution is 2.35. The SMILES string of the molecule is O=C(/C=C/c1ccc(O)cc1)c1c(O)ccc(O)c1O. The Morgan fingerprint density at radius 2 is 1.45 bits per heavy atom. The summed E-state index contributed by atoms with van der Waals surface area (Å²) in [7, 11) is 0. The minimum absolute atomic E-state index is 0.108. The van der Waals surface area contributed by atoms with Gasteiger partial charge in [-0.3, -0.25) is 4.79 Å². The minimum Gasteiger partial charge on any atom is -0.508 e. The third-order valence-corrected chi connectivity index (χ3v) is 2.70. The summed E-state index contributed by atoms with van der Waals surface area (Å²) < 4.78 is 0. The van der Waals surface area contributed by atoms with Gasteiger partial charge in [0.25, 0.3) is 0 Å². The average Bonchev–Trinajstić information content (AvgIpc) is 2.43. The number of hydrogen-bond acceptors (Lipinski definition) is 5. The number of hydrogen-bond donors (Lipinski definition) is 4. The molecule has 0 heterocycles. The number of allylic oxidation sites excluding steroid dienone is 1. The van der Waals surface area contributed by atoms with Crippen molar-refractivity contribution < 1.29 is 25.2 Å². The molecular weight excluding hydrogens is 260 g/mol. The van der Waals surface area contributed by atoms with Crippen LogP contribution >= 0.6 is 0 Å². The van der Waals surface area contributed by atoms with E-state index in [2.05, 4.69) is 0 Å². The van der Waals surface area contributed by atoms with Gasteiger partial charge in [-0.15, -0.1) is 0 Å². The molecule has 0 fully saturated rings. The summed E-state index contributed by atoms with van der Waals surface area (Å²) in [6.07, 6.45) is 2.62. The van der Waals surface area contributed by atoms with Crippen LogP contribution in [0.15, 0.2) is 42.5 Å². The second-order valence-electron chi connectivity index (χ2n) is 4.12. The first-order valence-electron chi connectivity index (χ1n) is 5.74. The molecule has 5 heteroatoms. The van der Waals surface area contributed by atoms with Gasteiger partial charge in [0.05, 0.1) is 0 Å². The van der Waals surface area contributed by atoms with Gasteiger partial charge in [0.2, 0.25) is 0 Å². The number of ketones is 1. The molecule has 0 aliphatic heterocycles. The lowest BCUT2D eigenvalue weighted by atomic mass is 10.1. The first-order valence-corrected chi connectivity index (χ1v) is 5.74. The molecule has 0 aromatic heterocycles. The van der Waals surface area contributed by atoms with Crippen LogP contribution < -0.4 is 0 Å². The van der Waals surface area contributed by atoms with E-state index < -0.39 is 23.0 Å². The van der Waals surface area contributed by atoms with Crippen molar-refractivity contribution in [2.75, 3.05) is 0 Å². The predicted octanol–water partition coefficient (Wildman–Crippen LogP) is 2.41. The summed E-state index contributed by atoms with van der Waals surface area (Å²) in [6.45, 7) is 0. The maximum Gasteiger partial charge on any atom is 0.193 e. The van der Waals surface area contributed by atoms with Crippen molar-refractivity contribution in [3.63, 3.8) is 0 Å². The molecule has 4 N–H and O–H groups in total. The fraction of sp³-hybridized carbons (Fsp3) is 0. The molecule has 0 saturated carbocycles. The summed E-state index contributed by atoms with van der Waals surface area (Å²) in [5.74, 6) is -2.10. The molecule has 0 bridgehead atoms. The number of benzene rings is 2. The number of carbonyl (C=O) groups is 1. The van der Waals surface area contributed by atoms with Crippen LogP contribution in [-0.4, -0.2) is 26.2 Å². The van der Waals surface area contributed by atoms with Crippen LogP contribution in [0.5, 0.6) is 23.0 Å². The number of phenolic OH excluding ortho intramolecular Hbond substituents is 4. The predicted molar refractivity (Wildman–Crippen MR) is 72.9 cm³/mol. The third kappa shape index (κ3) is 2.72. The molecule has 102 valence electrons. The Morgan fingerprint density at radius 1 is 0.850 bits per heavy atom. The fourth-order valence-electron chi connectivity index (χ4n) is 1.65. The van der Waals surface area contributed by atoms with E-state index in [4.69, 9.17) is 5.11 Å². The maximum atomic E-state index is 11.9. The van der Waals surface area contributed by atoms with E-state index >= 15 is 0 Å². The molecule has 0 radical (unpaired) electrons. The van der Waals surface area contributed by atoms with Crippen molar-refractivity contribution in [3.05, 3.63) is 53.6 Å². The first-order chi connectivity index (χ1) is 9.49. The third-order valence-electron chi connectivity index (χ3n) is 2.70. The molecule has 2 aromatic carbocycles. The van der Waals surface area contributed by atoms with Crippen molar-refractivity contribution >= 4 is 11.9 Å². The molecule has 5 nitrogen and oxygen atoms in total. The number of aromatic hydroxyl groups is 4. The summed E-state index contributed by atoms with van der Waals surface area (Å²) in [5.41, 5.74) is 0.301. The molecule has 0 aliphatic carbocycles. The lowest BCUT2D eigenvalue weighted by Crippen LogP contribution is -1.96. The maximum absolute atomic E-state index is 11.9. The zero-order valence-corrected chi connectivity index (χ0v) is 10.3. The van der Waals surface area contributed by atoms with Crippen molar-refractivity contribution in [3.8, 4) is 23.0 Å². The van der Waals surface area contributed by atoms with E-state index in [9.17, 15) is 20.1 Å². The molecule has 2 aromatic rings. The van der Waals surface area contributed by atoms with Crippen LogP contribution in [0, 0.1) is 0 Å². The highest BCUT2D eigenvalue weighted by atomic mass is 16.3. The van der Waals surface area contributed by atoms with Crippen LogP contribution in [0.2, 0.25) is 0 Å². The van der Waals surface area contributed by atoms with Gasteiger partial charge < -0.3 is 20.4 Å². The van der Waals surface area contributed by atoms with E-state index in [-0.39, 0.29) is 11.3 Å². The van der Waals surface area contributed by atoms with Gasteiger partial charge >= 0.3 is 0 Å². The van der Waals surface area contributed by atoms with Gasteiger partial charge in [-0.2, -0.15) is 0 Å². The smallest absolute Gasteiger partial charge is 0.193 e. The second kappa shape index (κ2) is 5.36. The Morgan fingerprint density at radius 3 is 2.10 bits per heavy atom. The monoisotopic (exact) mass is 272 g/mol. The Balaban J connectivity index is 2.29. The van der Waals surface area contributed by atoms with E-state index in [1.165, 1.54) is 18.2 Å². The van der Waals surface area contributed by atoms with Crippen molar-refractivity contribution in [2.45, 2.75) is 0 Å². The normalized spacial score (nSPS) is 10.8. The number of carbonyl (C=O) groups excluding carboxylic acids is 1. The van der Waals surface area contributed by atoms with Gasteiger partial charge in [-0.25, -0.2) is 0 Å². The minimum atomic E-state index is -0.662. The molecule has 0 amide bonds. The van der Waals surface area contributed by atoms with Crippen LogP contribution in [0.1, 0.15) is 15.9 Å². The van der Waals surface area contributed by atoms with Crippen LogP contribution in [0.25, 0.3) is 6.08 Å². The van der Waals surface area contributed by atoms with Gasteiger partial charge in [-0.05, 0) is 35.9 Å². The van der Waals surface area contributed by atoms with Crippen LogP contribution in [-0.2, 0) is 0 Å². The Hall–Kier alpha value is -2.95. The van der Waals surface area contributed by atoms with Gasteiger partial charge in [-0.1, -0.05) is 18.2 Å². The fourth-order valence-corrected chi connectivity index (χ4v) is 1.65. The quantitative estimate of drug-likeness (QED) is 0.298. The molecule has 2 rings (SSSR count). The highest BCUT2D eigenvalue weighted by Gasteiger charge is 2.17. The lowest BCUT2D eigenvalue weighted by Gasteiger charge is -2.05. The van der Waals surface area contributed by atoms with Gasteiger partial charge in [0, 0.05) is 0 Å². The lowest BCUT2D eigenvalue weighted by molar-refractivity contribution is 0.104. The molecule has 0 saturated heterocycles. The van der Waals surface area contributed by atoms with Crippen LogP contribution in [0.3, 0.4) is 0 Å². The number of rotatable bonds is 3. The van der Waals surface area contributed by atoms with E-state index in [1.54, 1.807) is 12.1 Å². The second-order valence-corrected chi connectivity index (χ2v) is 4.12. The summed E-state index contributed by atoms with van der Waals surface area (Å²) in [5, 5.41) is 37.6. The van der Waals surface area contributed by atoms with E-state index in [0.717, 1.165) is 18.2 Å². The Bertz CT molecular complexity index is 671. The summed E-state index contributed by atoms with van der Waals surface area (Å²) in [6, 6.07) is 8.34. The Labute approximate surface area is 114 Å². The van der Waals surface area contributed by atoms with Gasteiger partial charge in [0.1, 0.15) is 17.1 Å². The zero-order valence-electron chi connectivity index (χ0n) is 10.3. The molecule has 0 unspecified atom stereocenters. The summed E-state index contributed by atoms with van der Waals surface area (Å²) in [4.78, 5) is 11.9. The topological polar surface area (TPSA) is 98.0 Å². The standard InChI is InChI=1S/C15H12O5/c16-10-4-1-9(2-5-10)3-6-11(17)14-12(18)7-8-13(19)15(14)20/h1-8,16,18-20H/b6-3+. The molecule has 20 heavy (non-hydrogen) atoms. The summed E-state index contributed by atoms with van der Waals surface area (Å²) >= 11 is 0. The van der Waals surface area contributed by atoms with E-state index in [1.807, 2.05) is 0 Å². The van der Waals surface area contributed by atoms with Crippen molar-refractivity contribution in [1.82, 2.24) is 0 Å². The number of phenols is 4. The van der Waals surface area contributed by atoms with Crippen molar-refractivity contribution in [2.24, 2.45) is 0 Å². The largest absolute Gasteiger partial charge is 0.508 e. The highest BCUT2D eigenvalue weighted by molar-refractivity contribution is 6.10. The average molecular weight is 272 g/mol.